The molecule has 1 aliphatic heterocycles. The van der Waals surface area contributed by atoms with Crippen LogP contribution in [0.5, 0.6) is 0 Å². The summed E-state index contributed by atoms with van der Waals surface area (Å²) in [6.07, 6.45) is 0.682. The lowest BCUT2D eigenvalue weighted by Crippen LogP contribution is -2.04. The molecule has 0 bridgehead atoms. The van der Waals surface area contributed by atoms with Gasteiger partial charge in [0.2, 0.25) is 5.89 Å². The molecule has 1 aromatic heterocycles. The number of anilines is 1. The second-order valence-electron chi connectivity index (χ2n) is 4.31. The van der Waals surface area contributed by atoms with Crippen LogP contribution in [-0.4, -0.2) is 30.4 Å². The Labute approximate surface area is 105 Å². The van der Waals surface area contributed by atoms with Gasteiger partial charge in [-0.2, -0.15) is 4.98 Å². The maximum atomic E-state index is 5.35. The molecule has 2 aromatic rings. The molecule has 1 N–H and O–H groups in total. The maximum Gasteiger partial charge on any atom is 0.236 e. The molecule has 5 nitrogen and oxygen atoms in total. The molecule has 0 aliphatic carbocycles. The molecule has 3 rings (SSSR count). The maximum absolute atomic E-state index is 5.35. The van der Waals surface area contributed by atoms with Crippen LogP contribution in [0.3, 0.4) is 0 Å². The van der Waals surface area contributed by atoms with Gasteiger partial charge in [-0.15, -0.1) is 0 Å². The summed E-state index contributed by atoms with van der Waals surface area (Å²) in [6.45, 7) is 1.42. The first-order valence-corrected chi connectivity index (χ1v) is 6.02. The van der Waals surface area contributed by atoms with E-state index in [1.54, 1.807) is 7.11 Å². The van der Waals surface area contributed by atoms with Gasteiger partial charge in [0.05, 0.1) is 12.5 Å². The lowest BCUT2D eigenvalue weighted by molar-refractivity contribution is 0.199. The zero-order valence-corrected chi connectivity index (χ0v) is 10.2. The number of nitrogens with one attached hydrogen (secondary N) is 1. The van der Waals surface area contributed by atoms with E-state index >= 15 is 0 Å². The molecule has 2 heterocycles. The summed E-state index contributed by atoms with van der Waals surface area (Å²) in [5.74, 6) is 1.54. The standard InChI is InChI=1S/C13H15N3O2/c1-17-7-6-12-15-13(18-16-12)10-8-14-11-5-3-2-4-9(10)11/h2-5,10,14H,6-8H2,1H3. The van der Waals surface area contributed by atoms with E-state index in [0.717, 1.165) is 12.2 Å². The quantitative estimate of drug-likeness (QED) is 0.890. The van der Waals surface area contributed by atoms with Crippen LogP contribution in [0.4, 0.5) is 5.69 Å². The molecule has 0 fully saturated rings. The minimum absolute atomic E-state index is 0.157. The van der Waals surface area contributed by atoms with E-state index in [0.29, 0.717) is 24.7 Å². The van der Waals surface area contributed by atoms with Gasteiger partial charge in [0.15, 0.2) is 5.82 Å². The third kappa shape index (κ3) is 1.97. The monoisotopic (exact) mass is 245 g/mol. The Bertz CT molecular complexity index is 539. The van der Waals surface area contributed by atoms with Crippen molar-refractivity contribution < 1.29 is 9.26 Å². The van der Waals surface area contributed by atoms with Crippen molar-refractivity contribution in [3.05, 3.63) is 41.5 Å². The van der Waals surface area contributed by atoms with Crippen LogP contribution < -0.4 is 5.32 Å². The molecular weight excluding hydrogens is 230 g/mol. The number of para-hydroxylation sites is 1. The molecule has 18 heavy (non-hydrogen) atoms. The molecule has 0 radical (unpaired) electrons. The van der Waals surface area contributed by atoms with Gasteiger partial charge in [0.1, 0.15) is 0 Å². The summed E-state index contributed by atoms with van der Waals surface area (Å²) in [7, 11) is 1.66. The first-order valence-electron chi connectivity index (χ1n) is 6.02. The van der Waals surface area contributed by atoms with E-state index in [4.69, 9.17) is 9.26 Å². The van der Waals surface area contributed by atoms with Crippen LogP contribution in [-0.2, 0) is 11.2 Å². The molecular formula is C13H15N3O2. The Kier molecular flexibility index (Phi) is 2.98. The Morgan fingerprint density at radius 1 is 1.44 bits per heavy atom. The van der Waals surface area contributed by atoms with Gasteiger partial charge in [-0.05, 0) is 11.6 Å². The fraction of sp³-hybridized carbons (Fsp3) is 0.385. The smallest absolute Gasteiger partial charge is 0.236 e. The van der Waals surface area contributed by atoms with Gasteiger partial charge in [0, 0.05) is 25.8 Å². The third-order valence-electron chi connectivity index (χ3n) is 3.14. The highest BCUT2D eigenvalue weighted by Gasteiger charge is 2.28. The number of ether oxygens (including phenoxy) is 1. The van der Waals surface area contributed by atoms with Crippen LogP contribution in [0.15, 0.2) is 28.8 Å². The van der Waals surface area contributed by atoms with E-state index < -0.39 is 0 Å². The summed E-state index contributed by atoms with van der Waals surface area (Å²) in [5, 5.41) is 7.33. The average Bonchev–Trinajstić information content (AvgIpc) is 3.02. The van der Waals surface area contributed by atoms with E-state index in [-0.39, 0.29) is 5.92 Å². The normalized spacial score (nSPS) is 17.5. The summed E-state index contributed by atoms with van der Waals surface area (Å²) < 4.78 is 10.3. The summed E-state index contributed by atoms with van der Waals surface area (Å²) in [6, 6.07) is 8.21. The van der Waals surface area contributed by atoms with Gasteiger partial charge >= 0.3 is 0 Å². The topological polar surface area (TPSA) is 60.2 Å². The van der Waals surface area contributed by atoms with Crippen molar-refractivity contribution >= 4 is 5.69 Å². The zero-order valence-electron chi connectivity index (χ0n) is 10.2. The van der Waals surface area contributed by atoms with E-state index in [1.165, 1.54) is 5.56 Å². The van der Waals surface area contributed by atoms with Crippen molar-refractivity contribution in [3.8, 4) is 0 Å². The van der Waals surface area contributed by atoms with Crippen LogP contribution in [0, 0.1) is 0 Å². The van der Waals surface area contributed by atoms with Crippen LogP contribution in [0.1, 0.15) is 23.2 Å². The molecule has 1 aromatic carbocycles. The molecule has 1 aliphatic rings. The second-order valence-corrected chi connectivity index (χ2v) is 4.31. The van der Waals surface area contributed by atoms with Gasteiger partial charge < -0.3 is 14.6 Å². The minimum Gasteiger partial charge on any atom is -0.384 e. The number of nitrogens with zero attached hydrogens (tertiary/aromatic N) is 2. The average molecular weight is 245 g/mol. The Morgan fingerprint density at radius 2 is 2.33 bits per heavy atom. The van der Waals surface area contributed by atoms with Crippen molar-refractivity contribution in [1.29, 1.82) is 0 Å². The van der Waals surface area contributed by atoms with Crippen molar-refractivity contribution in [1.82, 2.24) is 10.1 Å². The van der Waals surface area contributed by atoms with E-state index in [1.807, 2.05) is 12.1 Å². The highest BCUT2D eigenvalue weighted by atomic mass is 16.5. The highest BCUT2D eigenvalue weighted by Crippen LogP contribution is 2.34. The molecule has 94 valence electrons. The number of aromatic nitrogens is 2. The van der Waals surface area contributed by atoms with E-state index in [9.17, 15) is 0 Å². The minimum atomic E-state index is 0.157. The number of benzene rings is 1. The van der Waals surface area contributed by atoms with Gasteiger partial charge in [-0.3, -0.25) is 0 Å². The fourth-order valence-electron chi connectivity index (χ4n) is 2.21. The molecule has 1 unspecified atom stereocenters. The van der Waals surface area contributed by atoms with Gasteiger partial charge in [0.25, 0.3) is 0 Å². The molecule has 1 atom stereocenters. The van der Waals surface area contributed by atoms with Crippen LogP contribution in [0.25, 0.3) is 0 Å². The molecule has 0 spiro atoms. The first-order chi connectivity index (χ1) is 8.88. The van der Waals surface area contributed by atoms with Crippen LogP contribution >= 0.6 is 0 Å². The lowest BCUT2D eigenvalue weighted by Gasteiger charge is -2.02. The molecule has 5 heteroatoms. The lowest BCUT2D eigenvalue weighted by atomic mass is 10.0. The Hall–Kier alpha value is -1.88. The van der Waals surface area contributed by atoms with Crippen molar-refractivity contribution in [3.63, 3.8) is 0 Å². The van der Waals surface area contributed by atoms with E-state index in [2.05, 4.69) is 27.6 Å². The number of rotatable bonds is 4. The largest absolute Gasteiger partial charge is 0.384 e. The number of hydrogen-bond acceptors (Lipinski definition) is 5. The molecule has 0 amide bonds. The van der Waals surface area contributed by atoms with Crippen molar-refractivity contribution in [2.45, 2.75) is 12.3 Å². The Morgan fingerprint density at radius 3 is 3.22 bits per heavy atom. The summed E-state index contributed by atoms with van der Waals surface area (Å²) in [5.41, 5.74) is 2.37. The van der Waals surface area contributed by atoms with Gasteiger partial charge in [-0.25, -0.2) is 0 Å². The summed E-state index contributed by atoms with van der Waals surface area (Å²) in [4.78, 5) is 4.43. The predicted molar refractivity (Wildman–Crippen MR) is 66.7 cm³/mol. The van der Waals surface area contributed by atoms with Gasteiger partial charge in [-0.1, -0.05) is 23.4 Å². The zero-order chi connectivity index (χ0) is 12.4. The Balaban J connectivity index is 1.82. The summed E-state index contributed by atoms with van der Waals surface area (Å²) >= 11 is 0. The first kappa shape index (κ1) is 11.2. The van der Waals surface area contributed by atoms with Crippen molar-refractivity contribution in [2.24, 2.45) is 0 Å². The SMILES string of the molecule is COCCc1noc(C2CNc3ccccc32)n1. The molecule has 0 saturated heterocycles. The van der Waals surface area contributed by atoms with Crippen LogP contribution in [0.2, 0.25) is 0 Å². The fourth-order valence-corrected chi connectivity index (χ4v) is 2.21. The number of hydrogen-bond donors (Lipinski definition) is 1. The third-order valence-corrected chi connectivity index (χ3v) is 3.14. The molecule has 0 saturated carbocycles. The van der Waals surface area contributed by atoms with Crippen molar-refractivity contribution in [2.75, 3.05) is 25.6 Å². The predicted octanol–water partition coefficient (Wildman–Crippen LogP) is 1.82. The number of methoxy groups -OCH3 is 1. The highest BCUT2D eigenvalue weighted by molar-refractivity contribution is 5.59. The number of fused-ring (bicyclic) bond motifs is 1. The second kappa shape index (κ2) is 4.78.